The lowest BCUT2D eigenvalue weighted by Crippen LogP contribution is -2.01. The van der Waals surface area contributed by atoms with Crippen molar-refractivity contribution < 1.29 is 5.21 Å². The van der Waals surface area contributed by atoms with E-state index in [9.17, 15) is 0 Å². The summed E-state index contributed by atoms with van der Waals surface area (Å²) < 4.78 is 0. The van der Waals surface area contributed by atoms with Gasteiger partial charge in [0.15, 0.2) is 0 Å². The number of rotatable bonds is 2. The molecule has 0 spiro atoms. The van der Waals surface area contributed by atoms with Gasteiger partial charge in [0, 0.05) is 5.56 Å². The molecule has 2 nitrogen and oxygen atoms in total. The molecule has 1 heterocycles. The van der Waals surface area contributed by atoms with Crippen molar-refractivity contribution in [3.05, 3.63) is 57.8 Å². The van der Waals surface area contributed by atoms with E-state index in [0.29, 0.717) is 5.71 Å². The van der Waals surface area contributed by atoms with E-state index >= 15 is 0 Å². The molecule has 3 heteroatoms. The van der Waals surface area contributed by atoms with Gasteiger partial charge in [0.05, 0.1) is 4.88 Å². The third kappa shape index (κ3) is 1.92. The Hall–Kier alpha value is -1.61. The van der Waals surface area contributed by atoms with Crippen LogP contribution in [0.25, 0.3) is 0 Å². The predicted molar refractivity (Wildman–Crippen MR) is 62.9 cm³/mol. The summed E-state index contributed by atoms with van der Waals surface area (Å²) in [6.07, 6.45) is 0. The molecule has 1 aromatic heterocycles. The Labute approximate surface area is 92.5 Å². The monoisotopic (exact) mass is 217 g/mol. The molecular weight excluding hydrogens is 206 g/mol. The van der Waals surface area contributed by atoms with Gasteiger partial charge in [-0.25, -0.2) is 0 Å². The van der Waals surface area contributed by atoms with Crippen molar-refractivity contribution in [2.75, 3.05) is 0 Å². The first-order valence-electron chi connectivity index (χ1n) is 4.65. The highest BCUT2D eigenvalue weighted by Crippen LogP contribution is 2.20. The fourth-order valence-electron chi connectivity index (χ4n) is 1.45. The van der Waals surface area contributed by atoms with Gasteiger partial charge in [-0.15, -0.1) is 11.3 Å². The van der Waals surface area contributed by atoms with Crippen molar-refractivity contribution in [2.24, 2.45) is 5.16 Å². The standard InChI is InChI=1S/C12H11NOS/c1-9-7-8-15-12(9)11(13-14)10-5-3-2-4-6-10/h2-8,14H,1H3/b13-11-. The zero-order chi connectivity index (χ0) is 10.7. The van der Waals surface area contributed by atoms with Gasteiger partial charge in [-0.05, 0) is 23.9 Å². The molecular formula is C12H11NOS. The van der Waals surface area contributed by atoms with Crippen LogP contribution in [-0.4, -0.2) is 10.9 Å². The van der Waals surface area contributed by atoms with Crippen LogP contribution in [0.5, 0.6) is 0 Å². The molecule has 0 aliphatic carbocycles. The molecule has 2 rings (SSSR count). The van der Waals surface area contributed by atoms with Crippen molar-refractivity contribution in [3.8, 4) is 0 Å². The van der Waals surface area contributed by atoms with Crippen molar-refractivity contribution in [1.82, 2.24) is 0 Å². The normalized spacial score (nSPS) is 11.7. The number of hydrogen-bond acceptors (Lipinski definition) is 3. The quantitative estimate of drug-likeness (QED) is 0.467. The number of nitrogens with zero attached hydrogens (tertiary/aromatic N) is 1. The average Bonchev–Trinajstić information content (AvgIpc) is 2.68. The van der Waals surface area contributed by atoms with E-state index in [1.807, 2.05) is 48.7 Å². The summed E-state index contributed by atoms with van der Waals surface area (Å²) in [5, 5.41) is 14.5. The molecule has 0 unspecified atom stereocenters. The largest absolute Gasteiger partial charge is 0.410 e. The average molecular weight is 217 g/mol. The van der Waals surface area contributed by atoms with Gasteiger partial charge in [-0.3, -0.25) is 0 Å². The van der Waals surface area contributed by atoms with Crippen LogP contribution < -0.4 is 0 Å². The Morgan fingerprint density at radius 1 is 1.20 bits per heavy atom. The van der Waals surface area contributed by atoms with Crippen LogP contribution in [0.2, 0.25) is 0 Å². The van der Waals surface area contributed by atoms with E-state index in [1.165, 1.54) is 0 Å². The van der Waals surface area contributed by atoms with Crippen LogP contribution in [-0.2, 0) is 0 Å². The summed E-state index contributed by atoms with van der Waals surface area (Å²) in [6, 6.07) is 11.7. The van der Waals surface area contributed by atoms with E-state index < -0.39 is 0 Å². The molecule has 0 saturated heterocycles. The Morgan fingerprint density at radius 3 is 2.47 bits per heavy atom. The maximum atomic E-state index is 9.07. The first kappa shape index (κ1) is 9.93. The van der Waals surface area contributed by atoms with Crippen LogP contribution in [0.4, 0.5) is 0 Å². The second-order valence-corrected chi connectivity index (χ2v) is 4.16. The minimum absolute atomic E-state index is 0.642. The lowest BCUT2D eigenvalue weighted by atomic mass is 10.1. The van der Waals surface area contributed by atoms with Crippen LogP contribution in [0, 0.1) is 6.92 Å². The number of oxime groups is 1. The lowest BCUT2D eigenvalue weighted by Gasteiger charge is -2.02. The summed E-state index contributed by atoms with van der Waals surface area (Å²) in [6.45, 7) is 2.01. The summed E-state index contributed by atoms with van der Waals surface area (Å²) in [4.78, 5) is 1.02. The first-order chi connectivity index (χ1) is 7.33. The second-order valence-electron chi connectivity index (χ2n) is 3.25. The molecule has 0 radical (unpaired) electrons. The first-order valence-corrected chi connectivity index (χ1v) is 5.53. The number of aryl methyl sites for hydroxylation is 1. The van der Waals surface area contributed by atoms with E-state index in [1.54, 1.807) is 11.3 Å². The molecule has 1 N–H and O–H groups in total. The molecule has 0 amide bonds. The van der Waals surface area contributed by atoms with Crippen LogP contribution in [0.3, 0.4) is 0 Å². The van der Waals surface area contributed by atoms with E-state index in [0.717, 1.165) is 16.0 Å². The molecule has 0 aliphatic rings. The third-order valence-electron chi connectivity index (χ3n) is 2.22. The van der Waals surface area contributed by atoms with Crippen molar-refractivity contribution in [1.29, 1.82) is 0 Å². The van der Waals surface area contributed by atoms with Gasteiger partial charge >= 0.3 is 0 Å². The molecule has 0 aliphatic heterocycles. The molecule has 0 atom stereocenters. The fourth-order valence-corrected chi connectivity index (χ4v) is 2.38. The Morgan fingerprint density at radius 2 is 1.93 bits per heavy atom. The zero-order valence-electron chi connectivity index (χ0n) is 8.34. The molecule has 15 heavy (non-hydrogen) atoms. The van der Waals surface area contributed by atoms with Gasteiger partial charge in [0.1, 0.15) is 5.71 Å². The van der Waals surface area contributed by atoms with Gasteiger partial charge in [-0.1, -0.05) is 35.5 Å². The summed E-state index contributed by atoms with van der Waals surface area (Å²) in [7, 11) is 0. The van der Waals surface area contributed by atoms with Crippen molar-refractivity contribution in [3.63, 3.8) is 0 Å². The maximum absolute atomic E-state index is 9.07. The topological polar surface area (TPSA) is 32.6 Å². The molecule has 0 saturated carbocycles. The Bertz CT molecular complexity index is 473. The lowest BCUT2D eigenvalue weighted by molar-refractivity contribution is 0.319. The van der Waals surface area contributed by atoms with Crippen molar-refractivity contribution in [2.45, 2.75) is 6.92 Å². The zero-order valence-corrected chi connectivity index (χ0v) is 9.16. The SMILES string of the molecule is Cc1ccsc1/C(=N\O)c1ccccc1. The molecule has 0 bridgehead atoms. The second kappa shape index (κ2) is 4.28. The van der Waals surface area contributed by atoms with Gasteiger partial charge in [-0.2, -0.15) is 0 Å². The smallest absolute Gasteiger partial charge is 0.127 e. The minimum Gasteiger partial charge on any atom is -0.410 e. The maximum Gasteiger partial charge on any atom is 0.127 e. The molecule has 0 fully saturated rings. The predicted octanol–water partition coefficient (Wildman–Crippen LogP) is 3.28. The third-order valence-corrected chi connectivity index (χ3v) is 3.25. The number of thiophene rings is 1. The highest BCUT2D eigenvalue weighted by Gasteiger charge is 2.10. The van der Waals surface area contributed by atoms with Crippen molar-refractivity contribution >= 4 is 17.0 Å². The van der Waals surface area contributed by atoms with Crippen LogP contribution in [0.1, 0.15) is 16.0 Å². The van der Waals surface area contributed by atoms with Gasteiger partial charge in [0.2, 0.25) is 0 Å². The van der Waals surface area contributed by atoms with Gasteiger partial charge in [0.25, 0.3) is 0 Å². The van der Waals surface area contributed by atoms with Crippen LogP contribution in [0.15, 0.2) is 46.9 Å². The van der Waals surface area contributed by atoms with E-state index in [4.69, 9.17) is 5.21 Å². The Balaban J connectivity index is 2.48. The van der Waals surface area contributed by atoms with Gasteiger partial charge < -0.3 is 5.21 Å². The molecule has 1 aromatic carbocycles. The number of hydrogen-bond donors (Lipinski definition) is 1. The molecule has 2 aromatic rings. The minimum atomic E-state index is 0.642. The Kier molecular flexibility index (Phi) is 2.83. The fraction of sp³-hybridized carbons (Fsp3) is 0.0833. The summed E-state index contributed by atoms with van der Waals surface area (Å²) in [5.41, 5.74) is 2.71. The van der Waals surface area contributed by atoms with E-state index in [2.05, 4.69) is 5.16 Å². The summed E-state index contributed by atoms with van der Waals surface area (Å²) in [5.74, 6) is 0. The van der Waals surface area contributed by atoms with E-state index in [-0.39, 0.29) is 0 Å². The van der Waals surface area contributed by atoms with Crippen LogP contribution >= 0.6 is 11.3 Å². The number of benzene rings is 1. The molecule has 76 valence electrons. The highest BCUT2D eigenvalue weighted by atomic mass is 32.1. The highest BCUT2D eigenvalue weighted by molar-refractivity contribution is 7.12. The summed E-state index contributed by atoms with van der Waals surface area (Å²) >= 11 is 1.59.